The fourth-order valence-corrected chi connectivity index (χ4v) is 5.39. The third-order valence-corrected chi connectivity index (χ3v) is 7.82. The molecular weight excluding hydrogens is 698 g/mol. The lowest BCUT2D eigenvalue weighted by molar-refractivity contribution is -0.140. The second-order valence-electron chi connectivity index (χ2n) is 11.9. The molecule has 0 spiro atoms. The summed E-state index contributed by atoms with van der Waals surface area (Å²) in [5.41, 5.74) is -1.72. The molecule has 0 fully saturated rings. The lowest BCUT2D eigenvalue weighted by Crippen LogP contribution is -2.13. The fraction of sp³-hybridized carbons (Fsp3) is 0.316. The third kappa shape index (κ3) is 11.3. The van der Waals surface area contributed by atoms with Gasteiger partial charge in [-0.2, -0.15) is 26.3 Å². The van der Waals surface area contributed by atoms with Gasteiger partial charge in [0.1, 0.15) is 23.0 Å². The van der Waals surface area contributed by atoms with Crippen molar-refractivity contribution >= 4 is 11.9 Å². The number of hydrogen-bond donors (Lipinski definition) is 2. The standard InChI is InChI=1S/C38H36F6O8/c1-23-17-27(9-13-33(23)51-21-35(45)46)49-15-3-5-25-7-11-29(31(19-25)37(39,40)41)30-12-8-26(20-32(30)38(42,43)44)6-4-16-50-28-10-14-34(24(2)18-28)52-22-36(47)48/h7-14,17-20H,3-6,15-16,21-22H2,1-2H3,(H,45,46)(H,47,48). The van der Waals surface area contributed by atoms with Crippen LogP contribution in [-0.4, -0.2) is 48.6 Å². The highest BCUT2D eigenvalue weighted by atomic mass is 19.4. The molecule has 0 saturated carbocycles. The van der Waals surface area contributed by atoms with Crippen molar-refractivity contribution in [2.24, 2.45) is 0 Å². The summed E-state index contributed by atoms with van der Waals surface area (Å²) < 4.78 is 107. The predicted molar refractivity (Wildman–Crippen MR) is 178 cm³/mol. The molecule has 278 valence electrons. The zero-order chi connectivity index (χ0) is 38.1. The van der Waals surface area contributed by atoms with Gasteiger partial charge >= 0.3 is 24.3 Å². The molecule has 14 heteroatoms. The lowest BCUT2D eigenvalue weighted by Gasteiger charge is -2.19. The van der Waals surface area contributed by atoms with E-state index < -0.39 is 59.8 Å². The van der Waals surface area contributed by atoms with Crippen molar-refractivity contribution in [3.63, 3.8) is 0 Å². The first-order valence-corrected chi connectivity index (χ1v) is 16.1. The molecule has 0 atom stereocenters. The first kappa shape index (κ1) is 39.4. The van der Waals surface area contributed by atoms with Crippen molar-refractivity contribution in [2.45, 2.75) is 51.9 Å². The van der Waals surface area contributed by atoms with E-state index in [0.29, 0.717) is 47.0 Å². The summed E-state index contributed by atoms with van der Waals surface area (Å²) in [7, 11) is 0. The average Bonchev–Trinajstić information content (AvgIpc) is 3.07. The second kappa shape index (κ2) is 17.2. The molecule has 4 aromatic rings. The summed E-state index contributed by atoms with van der Waals surface area (Å²) in [6, 6.07) is 16.1. The maximum atomic E-state index is 14.3. The Morgan fingerprint density at radius 1 is 0.558 bits per heavy atom. The minimum Gasteiger partial charge on any atom is -0.494 e. The SMILES string of the molecule is Cc1cc(OCCCc2ccc(-c3ccc(CCCOc4ccc(OCC(=O)O)c(C)c4)cc3C(F)(F)F)c(C(F)(F)F)c2)ccc1OCC(=O)O. The molecule has 0 aliphatic carbocycles. The van der Waals surface area contributed by atoms with E-state index in [1.807, 2.05) is 0 Å². The predicted octanol–water partition coefficient (Wildman–Crippen LogP) is 8.96. The van der Waals surface area contributed by atoms with E-state index in [1.54, 1.807) is 50.2 Å². The Morgan fingerprint density at radius 2 is 0.942 bits per heavy atom. The summed E-state index contributed by atoms with van der Waals surface area (Å²) >= 11 is 0. The zero-order valence-electron chi connectivity index (χ0n) is 28.2. The number of benzene rings is 4. The molecule has 0 aliphatic heterocycles. The van der Waals surface area contributed by atoms with Crippen molar-refractivity contribution in [3.05, 3.63) is 106 Å². The second-order valence-corrected chi connectivity index (χ2v) is 11.9. The molecule has 8 nitrogen and oxygen atoms in total. The maximum Gasteiger partial charge on any atom is 0.417 e. The van der Waals surface area contributed by atoms with Crippen LogP contribution in [0.25, 0.3) is 11.1 Å². The number of aryl methyl sites for hydroxylation is 4. The number of carboxylic acids is 2. The monoisotopic (exact) mass is 734 g/mol. The summed E-state index contributed by atoms with van der Waals surface area (Å²) in [6.45, 7) is 2.66. The van der Waals surface area contributed by atoms with Crippen LogP contribution in [0.5, 0.6) is 23.0 Å². The Kier molecular flexibility index (Phi) is 13.0. The first-order valence-electron chi connectivity index (χ1n) is 16.1. The number of ether oxygens (including phenoxy) is 4. The topological polar surface area (TPSA) is 112 Å². The normalized spacial score (nSPS) is 11.6. The van der Waals surface area contributed by atoms with Crippen LogP contribution in [0.3, 0.4) is 0 Å². The zero-order valence-corrected chi connectivity index (χ0v) is 28.2. The molecule has 4 aromatic carbocycles. The van der Waals surface area contributed by atoms with Crippen LogP contribution < -0.4 is 18.9 Å². The van der Waals surface area contributed by atoms with Crippen molar-refractivity contribution < 1.29 is 65.1 Å². The lowest BCUT2D eigenvalue weighted by atomic mass is 9.91. The summed E-state index contributed by atoms with van der Waals surface area (Å²) in [4.78, 5) is 21.4. The molecule has 4 rings (SSSR count). The van der Waals surface area contributed by atoms with Crippen LogP contribution in [0.15, 0.2) is 72.8 Å². The minimum absolute atomic E-state index is 0.137. The van der Waals surface area contributed by atoms with E-state index in [-0.39, 0.29) is 37.2 Å². The Morgan fingerprint density at radius 3 is 1.27 bits per heavy atom. The number of halogens is 6. The van der Waals surface area contributed by atoms with Gasteiger partial charge in [-0.25, -0.2) is 9.59 Å². The first-order chi connectivity index (χ1) is 24.5. The Labute approximate surface area is 295 Å². The van der Waals surface area contributed by atoms with E-state index in [4.69, 9.17) is 29.2 Å². The number of carbonyl (C=O) groups is 2. The fourth-order valence-electron chi connectivity index (χ4n) is 5.39. The molecule has 0 aromatic heterocycles. The molecule has 0 bridgehead atoms. The molecule has 0 unspecified atom stereocenters. The largest absolute Gasteiger partial charge is 0.494 e. The van der Waals surface area contributed by atoms with E-state index >= 15 is 0 Å². The van der Waals surface area contributed by atoms with Gasteiger partial charge in [-0.05, 0) is 121 Å². The van der Waals surface area contributed by atoms with Crippen molar-refractivity contribution in [1.82, 2.24) is 0 Å². The highest BCUT2D eigenvalue weighted by Gasteiger charge is 2.38. The van der Waals surface area contributed by atoms with Gasteiger partial charge in [0.15, 0.2) is 13.2 Å². The van der Waals surface area contributed by atoms with Crippen molar-refractivity contribution in [3.8, 4) is 34.1 Å². The number of alkyl halides is 6. The number of rotatable bonds is 17. The highest BCUT2D eigenvalue weighted by molar-refractivity contribution is 5.73. The van der Waals surface area contributed by atoms with Crippen LogP contribution in [0.2, 0.25) is 0 Å². The summed E-state index contributed by atoms with van der Waals surface area (Å²) in [5.74, 6) is -0.614. The van der Waals surface area contributed by atoms with Crippen LogP contribution in [-0.2, 0) is 34.8 Å². The van der Waals surface area contributed by atoms with Gasteiger partial charge in [-0.1, -0.05) is 24.3 Å². The van der Waals surface area contributed by atoms with E-state index in [9.17, 15) is 35.9 Å². The number of aliphatic carboxylic acids is 2. The maximum absolute atomic E-state index is 14.3. The molecule has 0 aliphatic rings. The Balaban J connectivity index is 1.41. The quantitative estimate of drug-likeness (QED) is 0.0818. The Bertz CT molecular complexity index is 1730. The van der Waals surface area contributed by atoms with Gasteiger partial charge in [-0.3, -0.25) is 0 Å². The molecule has 0 heterocycles. The van der Waals surface area contributed by atoms with Crippen molar-refractivity contribution in [1.29, 1.82) is 0 Å². The van der Waals surface area contributed by atoms with Gasteiger partial charge in [0, 0.05) is 0 Å². The molecular formula is C38H36F6O8. The Hall–Kier alpha value is -5.40. The van der Waals surface area contributed by atoms with Crippen LogP contribution >= 0.6 is 0 Å². The van der Waals surface area contributed by atoms with E-state index in [0.717, 1.165) is 24.3 Å². The molecule has 0 amide bonds. The van der Waals surface area contributed by atoms with Crippen LogP contribution in [0, 0.1) is 13.8 Å². The highest BCUT2D eigenvalue weighted by Crippen LogP contribution is 2.43. The summed E-state index contributed by atoms with van der Waals surface area (Å²) in [5, 5.41) is 17.5. The third-order valence-electron chi connectivity index (χ3n) is 7.82. The van der Waals surface area contributed by atoms with Crippen molar-refractivity contribution in [2.75, 3.05) is 26.4 Å². The average molecular weight is 735 g/mol. The van der Waals surface area contributed by atoms with Gasteiger partial charge in [0.25, 0.3) is 0 Å². The van der Waals surface area contributed by atoms with Gasteiger partial charge < -0.3 is 29.2 Å². The van der Waals surface area contributed by atoms with Crippen LogP contribution in [0.4, 0.5) is 26.3 Å². The van der Waals surface area contributed by atoms with E-state index in [1.165, 1.54) is 12.1 Å². The molecule has 0 radical (unpaired) electrons. The molecule has 52 heavy (non-hydrogen) atoms. The molecule has 2 N–H and O–H groups in total. The van der Waals surface area contributed by atoms with E-state index in [2.05, 4.69) is 0 Å². The molecule has 0 saturated heterocycles. The number of carboxylic acid groups (broad SMARTS) is 2. The van der Waals surface area contributed by atoms with Gasteiger partial charge in [-0.15, -0.1) is 0 Å². The van der Waals surface area contributed by atoms with Gasteiger partial charge in [0.05, 0.1) is 24.3 Å². The van der Waals surface area contributed by atoms with Gasteiger partial charge in [0.2, 0.25) is 0 Å². The smallest absolute Gasteiger partial charge is 0.417 e. The number of hydrogen-bond acceptors (Lipinski definition) is 6. The summed E-state index contributed by atoms with van der Waals surface area (Å²) in [6.07, 6.45) is -8.91. The minimum atomic E-state index is -4.93. The van der Waals surface area contributed by atoms with Crippen LogP contribution in [0.1, 0.15) is 46.2 Å².